The Morgan fingerprint density at radius 2 is 2.06 bits per heavy atom. The van der Waals surface area contributed by atoms with E-state index < -0.39 is 0 Å². The minimum Gasteiger partial charge on any atom is -0.357 e. The van der Waals surface area contributed by atoms with Crippen LogP contribution in [-0.4, -0.2) is 11.5 Å². The van der Waals surface area contributed by atoms with E-state index in [0.717, 1.165) is 23.9 Å². The van der Waals surface area contributed by atoms with Crippen molar-refractivity contribution in [2.75, 3.05) is 6.54 Å². The highest BCUT2D eigenvalue weighted by Gasteiger charge is 2.18. The number of fused-ring (bicyclic) bond motifs is 1. The number of halogens is 1. The topological polar surface area (TPSA) is 27.8 Å². The first-order valence-corrected chi connectivity index (χ1v) is 7.54. The summed E-state index contributed by atoms with van der Waals surface area (Å²) in [6, 6.07) is 6.86. The zero-order valence-electron chi connectivity index (χ0n) is 11.3. The second kappa shape index (κ2) is 5.89. The van der Waals surface area contributed by atoms with Gasteiger partial charge < -0.3 is 10.3 Å². The minimum absolute atomic E-state index is 0.438. The molecule has 0 saturated heterocycles. The highest BCUT2D eigenvalue weighted by molar-refractivity contribution is 9.10. The molecule has 0 aliphatic heterocycles. The van der Waals surface area contributed by atoms with Gasteiger partial charge in [-0.3, -0.25) is 0 Å². The van der Waals surface area contributed by atoms with Crippen LogP contribution in [0, 0.1) is 0 Å². The van der Waals surface area contributed by atoms with E-state index in [1.165, 1.54) is 22.2 Å². The van der Waals surface area contributed by atoms with Gasteiger partial charge in [0, 0.05) is 21.6 Å². The predicted octanol–water partition coefficient (Wildman–Crippen LogP) is 4.55. The second-order valence-electron chi connectivity index (χ2n) is 4.55. The van der Waals surface area contributed by atoms with Crippen LogP contribution in [0.4, 0.5) is 0 Å². The maximum absolute atomic E-state index is 3.63. The molecule has 98 valence electrons. The molecule has 0 fully saturated rings. The van der Waals surface area contributed by atoms with Crippen molar-refractivity contribution in [1.82, 2.24) is 10.3 Å². The van der Waals surface area contributed by atoms with Crippen LogP contribution in [0.25, 0.3) is 10.9 Å². The normalized spacial score (nSPS) is 13.1. The van der Waals surface area contributed by atoms with E-state index >= 15 is 0 Å². The van der Waals surface area contributed by atoms with Crippen LogP contribution in [0.5, 0.6) is 0 Å². The lowest BCUT2D eigenvalue weighted by Crippen LogP contribution is -2.20. The number of para-hydroxylation sites is 1. The van der Waals surface area contributed by atoms with Crippen molar-refractivity contribution in [2.24, 2.45) is 0 Å². The van der Waals surface area contributed by atoms with E-state index in [4.69, 9.17) is 0 Å². The minimum atomic E-state index is 0.438. The highest BCUT2D eigenvalue weighted by atomic mass is 79.9. The van der Waals surface area contributed by atoms with Crippen molar-refractivity contribution in [2.45, 2.75) is 39.7 Å². The van der Waals surface area contributed by atoms with E-state index in [-0.39, 0.29) is 0 Å². The lowest BCUT2D eigenvalue weighted by atomic mass is 9.99. The van der Waals surface area contributed by atoms with Gasteiger partial charge in [0.1, 0.15) is 0 Å². The third kappa shape index (κ3) is 2.34. The summed E-state index contributed by atoms with van der Waals surface area (Å²) in [5.74, 6) is 0. The molecule has 3 heteroatoms. The molecule has 1 aromatic carbocycles. The molecule has 2 aromatic rings. The van der Waals surface area contributed by atoms with Crippen LogP contribution in [0.3, 0.4) is 0 Å². The SMILES string of the molecule is CCNC(CC)c1c(CC)[nH]c2c(Br)cccc12. The highest BCUT2D eigenvalue weighted by Crippen LogP contribution is 2.33. The smallest absolute Gasteiger partial charge is 0.0603 e. The molecular formula is C15H21BrN2. The fraction of sp³-hybridized carbons (Fsp3) is 0.467. The Morgan fingerprint density at radius 3 is 2.67 bits per heavy atom. The van der Waals surface area contributed by atoms with Gasteiger partial charge in [0.25, 0.3) is 0 Å². The molecule has 2 rings (SSSR count). The quantitative estimate of drug-likeness (QED) is 0.833. The van der Waals surface area contributed by atoms with E-state index in [1.807, 2.05) is 0 Å². The molecule has 0 aliphatic carbocycles. The Labute approximate surface area is 117 Å². The summed E-state index contributed by atoms with van der Waals surface area (Å²) in [6.45, 7) is 7.62. The third-order valence-electron chi connectivity index (χ3n) is 3.47. The van der Waals surface area contributed by atoms with Crippen LogP contribution in [0.15, 0.2) is 22.7 Å². The fourth-order valence-corrected chi connectivity index (χ4v) is 3.10. The average molecular weight is 309 g/mol. The number of H-pyrrole nitrogens is 1. The molecule has 0 spiro atoms. The molecule has 1 heterocycles. The van der Waals surface area contributed by atoms with Gasteiger partial charge in [0.15, 0.2) is 0 Å². The van der Waals surface area contributed by atoms with Gasteiger partial charge in [-0.05, 0) is 46.9 Å². The lowest BCUT2D eigenvalue weighted by molar-refractivity contribution is 0.536. The van der Waals surface area contributed by atoms with Crippen LogP contribution in [0.2, 0.25) is 0 Å². The summed E-state index contributed by atoms with van der Waals surface area (Å²) >= 11 is 3.63. The summed E-state index contributed by atoms with van der Waals surface area (Å²) in [4.78, 5) is 3.57. The molecule has 1 unspecified atom stereocenters. The van der Waals surface area contributed by atoms with Crippen LogP contribution >= 0.6 is 15.9 Å². The monoisotopic (exact) mass is 308 g/mol. The van der Waals surface area contributed by atoms with Crippen molar-refractivity contribution in [3.63, 3.8) is 0 Å². The molecular weight excluding hydrogens is 288 g/mol. The first-order valence-electron chi connectivity index (χ1n) is 6.75. The molecule has 2 N–H and O–H groups in total. The Hall–Kier alpha value is -0.800. The Bertz CT molecular complexity index is 531. The standard InChI is InChI=1S/C15H21BrN2/c1-4-12(17-6-3)14-10-8-7-9-11(16)15(10)18-13(14)5-2/h7-9,12,17-18H,4-6H2,1-3H3. The van der Waals surface area contributed by atoms with Crippen molar-refractivity contribution >= 4 is 26.8 Å². The number of aromatic amines is 1. The first-order chi connectivity index (χ1) is 8.72. The van der Waals surface area contributed by atoms with Crippen molar-refractivity contribution in [1.29, 1.82) is 0 Å². The number of nitrogens with one attached hydrogen (secondary N) is 2. The van der Waals surface area contributed by atoms with E-state index in [9.17, 15) is 0 Å². The van der Waals surface area contributed by atoms with Gasteiger partial charge in [-0.15, -0.1) is 0 Å². The molecule has 18 heavy (non-hydrogen) atoms. The lowest BCUT2D eigenvalue weighted by Gasteiger charge is -2.17. The first kappa shape index (κ1) is 13.6. The van der Waals surface area contributed by atoms with Crippen LogP contribution < -0.4 is 5.32 Å². The largest absolute Gasteiger partial charge is 0.357 e. The molecule has 2 nitrogen and oxygen atoms in total. The number of rotatable bonds is 5. The van der Waals surface area contributed by atoms with E-state index in [1.54, 1.807) is 0 Å². The van der Waals surface area contributed by atoms with Crippen LogP contribution in [-0.2, 0) is 6.42 Å². The number of benzene rings is 1. The number of hydrogen-bond acceptors (Lipinski definition) is 1. The zero-order chi connectivity index (χ0) is 13.1. The van der Waals surface area contributed by atoms with E-state index in [2.05, 4.69) is 65.2 Å². The molecule has 0 bridgehead atoms. The molecule has 0 amide bonds. The van der Waals surface area contributed by atoms with E-state index in [0.29, 0.717) is 6.04 Å². The summed E-state index contributed by atoms with van der Waals surface area (Å²) in [6.07, 6.45) is 2.15. The Kier molecular flexibility index (Phi) is 4.46. The Morgan fingerprint density at radius 1 is 1.28 bits per heavy atom. The fourth-order valence-electron chi connectivity index (χ4n) is 2.63. The summed E-state index contributed by atoms with van der Waals surface area (Å²) in [5, 5.41) is 4.93. The maximum atomic E-state index is 3.63. The molecule has 1 aromatic heterocycles. The third-order valence-corrected chi connectivity index (χ3v) is 4.13. The molecule has 0 radical (unpaired) electrons. The second-order valence-corrected chi connectivity index (χ2v) is 5.41. The van der Waals surface area contributed by atoms with Gasteiger partial charge >= 0.3 is 0 Å². The van der Waals surface area contributed by atoms with Gasteiger partial charge in [-0.1, -0.05) is 32.9 Å². The van der Waals surface area contributed by atoms with Crippen molar-refractivity contribution in [3.05, 3.63) is 33.9 Å². The molecule has 1 atom stereocenters. The van der Waals surface area contributed by atoms with Gasteiger partial charge in [0.2, 0.25) is 0 Å². The van der Waals surface area contributed by atoms with Gasteiger partial charge in [0.05, 0.1) is 5.52 Å². The zero-order valence-corrected chi connectivity index (χ0v) is 12.9. The molecule has 0 saturated carbocycles. The van der Waals surface area contributed by atoms with Crippen LogP contribution in [0.1, 0.15) is 44.5 Å². The Balaban J connectivity index is 2.62. The number of aryl methyl sites for hydroxylation is 1. The van der Waals surface area contributed by atoms with Gasteiger partial charge in [-0.2, -0.15) is 0 Å². The predicted molar refractivity (Wildman–Crippen MR) is 82.1 cm³/mol. The molecule has 0 aliphatic rings. The summed E-state index contributed by atoms with van der Waals surface area (Å²) < 4.78 is 1.15. The average Bonchev–Trinajstić information content (AvgIpc) is 2.76. The van der Waals surface area contributed by atoms with Crippen molar-refractivity contribution in [3.8, 4) is 0 Å². The summed E-state index contributed by atoms with van der Waals surface area (Å²) in [7, 11) is 0. The summed E-state index contributed by atoms with van der Waals surface area (Å²) in [5.41, 5.74) is 4.02. The maximum Gasteiger partial charge on any atom is 0.0603 e. The van der Waals surface area contributed by atoms with Gasteiger partial charge in [-0.25, -0.2) is 0 Å². The number of hydrogen-bond donors (Lipinski definition) is 2. The number of aromatic nitrogens is 1. The van der Waals surface area contributed by atoms with Crippen molar-refractivity contribution < 1.29 is 0 Å².